The molecule has 1 aliphatic carbocycles. The van der Waals surface area contributed by atoms with E-state index in [0.717, 1.165) is 23.4 Å². The third kappa shape index (κ3) is 3.56. The summed E-state index contributed by atoms with van der Waals surface area (Å²) in [5.41, 5.74) is 1.94. The average Bonchev–Trinajstić information content (AvgIpc) is 3.20. The molecular weight excluding hydrogens is 278 g/mol. The van der Waals surface area contributed by atoms with Crippen LogP contribution in [0.2, 0.25) is 0 Å². The normalized spacial score (nSPS) is 16.6. The lowest BCUT2D eigenvalue weighted by Crippen LogP contribution is -2.28. The molecule has 0 heterocycles. The average molecular weight is 296 g/mol. The van der Waals surface area contributed by atoms with E-state index >= 15 is 0 Å². The SMILES string of the molecule is CC(CNC(=O)c1ccc(CBr)cc1)C1CC1. The third-order valence-electron chi connectivity index (χ3n) is 3.38. The van der Waals surface area contributed by atoms with Crippen LogP contribution in [0.3, 0.4) is 0 Å². The van der Waals surface area contributed by atoms with E-state index in [0.29, 0.717) is 5.92 Å². The van der Waals surface area contributed by atoms with Crippen LogP contribution in [0.4, 0.5) is 0 Å². The lowest BCUT2D eigenvalue weighted by atomic mass is 10.1. The molecular formula is C14H18BrNO. The van der Waals surface area contributed by atoms with E-state index in [9.17, 15) is 4.79 Å². The zero-order chi connectivity index (χ0) is 12.3. The molecule has 0 bridgehead atoms. The Kier molecular flexibility index (Phi) is 4.21. The highest BCUT2D eigenvalue weighted by atomic mass is 79.9. The monoisotopic (exact) mass is 295 g/mol. The van der Waals surface area contributed by atoms with Crippen LogP contribution >= 0.6 is 15.9 Å². The first-order valence-electron chi connectivity index (χ1n) is 6.14. The largest absolute Gasteiger partial charge is 0.352 e. The van der Waals surface area contributed by atoms with Crippen LogP contribution in [0.5, 0.6) is 0 Å². The molecule has 1 unspecified atom stereocenters. The molecule has 92 valence electrons. The Morgan fingerprint density at radius 3 is 2.59 bits per heavy atom. The van der Waals surface area contributed by atoms with Crippen molar-refractivity contribution in [2.24, 2.45) is 11.8 Å². The molecule has 1 fully saturated rings. The second kappa shape index (κ2) is 5.67. The van der Waals surface area contributed by atoms with Crippen molar-refractivity contribution in [1.82, 2.24) is 5.32 Å². The summed E-state index contributed by atoms with van der Waals surface area (Å²) >= 11 is 3.39. The highest BCUT2D eigenvalue weighted by Crippen LogP contribution is 2.36. The zero-order valence-electron chi connectivity index (χ0n) is 10.1. The minimum atomic E-state index is 0.0404. The van der Waals surface area contributed by atoms with E-state index in [1.54, 1.807) is 0 Å². The first-order valence-corrected chi connectivity index (χ1v) is 7.26. The van der Waals surface area contributed by atoms with Crippen molar-refractivity contribution in [1.29, 1.82) is 0 Å². The first-order chi connectivity index (χ1) is 8.20. The van der Waals surface area contributed by atoms with Gasteiger partial charge in [0.05, 0.1) is 0 Å². The van der Waals surface area contributed by atoms with E-state index in [-0.39, 0.29) is 5.91 Å². The summed E-state index contributed by atoms with van der Waals surface area (Å²) in [5.74, 6) is 1.49. The van der Waals surface area contributed by atoms with Crippen LogP contribution in [0.25, 0.3) is 0 Å². The highest BCUT2D eigenvalue weighted by molar-refractivity contribution is 9.08. The molecule has 1 aliphatic rings. The second-order valence-corrected chi connectivity index (χ2v) is 5.42. The predicted octanol–water partition coefficient (Wildman–Crippen LogP) is 3.36. The van der Waals surface area contributed by atoms with Crippen LogP contribution in [0.1, 0.15) is 35.7 Å². The molecule has 1 saturated carbocycles. The molecule has 17 heavy (non-hydrogen) atoms. The fraction of sp³-hybridized carbons (Fsp3) is 0.500. The van der Waals surface area contributed by atoms with Crippen LogP contribution < -0.4 is 5.32 Å². The quantitative estimate of drug-likeness (QED) is 0.829. The fourth-order valence-corrected chi connectivity index (χ4v) is 2.31. The Hall–Kier alpha value is -0.830. The van der Waals surface area contributed by atoms with Gasteiger partial charge in [-0.3, -0.25) is 4.79 Å². The molecule has 0 radical (unpaired) electrons. The number of rotatable bonds is 5. The van der Waals surface area contributed by atoms with Crippen molar-refractivity contribution in [3.63, 3.8) is 0 Å². The van der Waals surface area contributed by atoms with E-state index in [4.69, 9.17) is 0 Å². The van der Waals surface area contributed by atoms with Gasteiger partial charge in [-0.05, 0) is 42.4 Å². The van der Waals surface area contributed by atoms with Crippen LogP contribution in [-0.2, 0) is 5.33 Å². The van der Waals surface area contributed by atoms with Gasteiger partial charge in [-0.15, -0.1) is 0 Å². The second-order valence-electron chi connectivity index (χ2n) is 4.86. The van der Waals surface area contributed by atoms with Gasteiger partial charge in [0, 0.05) is 17.4 Å². The molecule has 1 amide bonds. The Labute approximate surface area is 111 Å². The van der Waals surface area contributed by atoms with Gasteiger partial charge in [-0.25, -0.2) is 0 Å². The minimum Gasteiger partial charge on any atom is -0.352 e. The summed E-state index contributed by atoms with van der Waals surface area (Å²) < 4.78 is 0. The summed E-state index contributed by atoms with van der Waals surface area (Å²) in [6, 6.07) is 7.73. The zero-order valence-corrected chi connectivity index (χ0v) is 11.7. The number of nitrogens with one attached hydrogen (secondary N) is 1. The molecule has 3 heteroatoms. The predicted molar refractivity (Wildman–Crippen MR) is 73.3 cm³/mol. The van der Waals surface area contributed by atoms with Gasteiger partial charge in [-0.2, -0.15) is 0 Å². The molecule has 1 aromatic carbocycles. The van der Waals surface area contributed by atoms with Crippen molar-refractivity contribution in [2.75, 3.05) is 6.54 Å². The van der Waals surface area contributed by atoms with Gasteiger partial charge in [0.25, 0.3) is 5.91 Å². The van der Waals surface area contributed by atoms with Crippen molar-refractivity contribution >= 4 is 21.8 Å². The molecule has 0 saturated heterocycles. The Balaban J connectivity index is 1.85. The number of carbonyl (C=O) groups excluding carboxylic acids is 1. The lowest BCUT2D eigenvalue weighted by Gasteiger charge is -2.11. The van der Waals surface area contributed by atoms with Crippen molar-refractivity contribution in [3.8, 4) is 0 Å². The summed E-state index contributed by atoms with van der Waals surface area (Å²) in [6.45, 7) is 3.01. The van der Waals surface area contributed by atoms with Gasteiger partial charge in [-0.1, -0.05) is 35.0 Å². The van der Waals surface area contributed by atoms with Crippen molar-refractivity contribution in [3.05, 3.63) is 35.4 Å². The smallest absolute Gasteiger partial charge is 0.251 e. The van der Waals surface area contributed by atoms with Crippen LogP contribution in [0, 0.1) is 11.8 Å². The molecule has 0 spiro atoms. The van der Waals surface area contributed by atoms with E-state index in [2.05, 4.69) is 28.2 Å². The van der Waals surface area contributed by atoms with Crippen LogP contribution in [-0.4, -0.2) is 12.5 Å². The molecule has 0 aliphatic heterocycles. The number of hydrogen-bond donors (Lipinski definition) is 1. The number of halogens is 1. The maximum Gasteiger partial charge on any atom is 0.251 e. The van der Waals surface area contributed by atoms with Gasteiger partial charge >= 0.3 is 0 Å². The lowest BCUT2D eigenvalue weighted by molar-refractivity contribution is 0.0946. The molecule has 2 rings (SSSR count). The maximum absolute atomic E-state index is 11.9. The minimum absolute atomic E-state index is 0.0404. The first kappa shape index (κ1) is 12.6. The summed E-state index contributed by atoms with van der Waals surface area (Å²) in [5, 5.41) is 3.83. The third-order valence-corrected chi connectivity index (χ3v) is 4.03. The van der Waals surface area contributed by atoms with Crippen molar-refractivity contribution in [2.45, 2.75) is 25.1 Å². The van der Waals surface area contributed by atoms with E-state index in [1.807, 2.05) is 24.3 Å². The highest BCUT2D eigenvalue weighted by Gasteiger charge is 2.27. The Bertz CT molecular complexity index is 384. The standard InChI is InChI=1S/C14H18BrNO/c1-10(12-6-7-12)9-16-14(17)13-4-2-11(8-15)3-5-13/h2-5,10,12H,6-9H2,1H3,(H,16,17). The Morgan fingerprint density at radius 1 is 1.41 bits per heavy atom. The number of alkyl halides is 1. The Morgan fingerprint density at radius 2 is 2.06 bits per heavy atom. The number of benzene rings is 1. The van der Waals surface area contributed by atoms with E-state index < -0.39 is 0 Å². The summed E-state index contributed by atoms with van der Waals surface area (Å²) in [4.78, 5) is 11.9. The van der Waals surface area contributed by atoms with Gasteiger partial charge in [0.15, 0.2) is 0 Å². The molecule has 1 aromatic rings. The molecule has 0 aromatic heterocycles. The number of amides is 1. The molecule has 1 N–H and O–H groups in total. The van der Waals surface area contributed by atoms with Gasteiger partial charge in [0.1, 0.15) is 0 Å². The van der Waals surface area contributed by atoms with Gasteiger partial charge in [0.2, 0.25) is 0 Å². The molecule has 1 atom stereocenters. The number of carbonyl (C=O) groups is 1. The topological polar surface area (TPSA) is 29.1 Å². The van der Waals surface area contributed by atoms with Crippen molar-refractivity contribution < 1.29 is 4.79 Å². The number of hydrogen-bond acceptors (Lipinski definition) is 1. The molecule has 2 nitrogen and oxygen atoms in total. The summed E-state index contributed by atoms with van der Waals surface area (Å²) in [7, 11) is 0. The van der Waals surface area contributed by atoms with Crippen LogP contribution in [0.15, 0.2) is 24.3 Å². The fourth-order valence-electron chi connectivity index (χ4n) is 1.93. The maximum atomic E-state index is 11.9. The van der Waals surface area contributed by atoms with E-state index in [1.165, 1.54) is 18.4 Å². The summed E-state index contributed by atoms with van der Waals surface area (Å²) in [6.07, 6.45) is 2.66. The van der Waals surface area contributed by atoms with Gasteiger partial charge < -0.3 is 5.32 Å².